The van der Waals surface area contributed by atoms with Gasteiger partial charge in [0.25, 0.3) is 10.1 Å². The molecule has 0 aliphatic carbocycles. The van der Waals surface area contributed by atoms with Gasteiger partial charge in [0.15, 0.2) is 0 Å². The Hall–Kier alpha value is -2.62. The average molecular weight is 776 g/mol. The summed E-state index contributed by atoms with van der Waals surface area (Å²) in [4.78, 5) is -2.66. The number of alkyl halides is 25. The third-order valence-electron chi connectivity index (χ3n) is 5.80. The maximum absolute atomic E-state index is 14.4. The lowest BCUT2D eigenvalue weighted by Crippen LogP contribution is -2.78. The van der Waals surface area contributed by atoms with Crippen molar-refractivity contribution in [2.75, 3.05) is 0 Å². The van der Waals surface area contributed by atoms with Crippen LogP contribution < -0.4 is 0 Å². The summed E-state index contributed by atoms with van der Waals surface area (Å²) >= 11 is 0. The molecule has 0 aliphatic rings. The van der Waals surface area contributed by atoms with Gasteiger partial charge in [-0.3, -0.25) is 4.55 Å². The summed E-state index contributed by atoms with van der Waals surface area (Å²) in [5.41, 5.74) is -3.29. The van der Waals surface area contributed by atoms with Gasteiger partial charge in [0, 0.05) is 5.56 Å². The summed E-state index contributed by atoms with van der Waals surface area (Å²) in [6, 6.07) is -1.11. The van der Waals surface area contributed by atoms with Crippen LogP contribution in [-0.4, -0.2) is 78.4 Å². The predicted molar refractivity (Wildman–Crippen MR) is 95.7 cm³/mol. The largest absolute Gasteiger partial charge is 0.460 e. The second-order valence-corrected chi connectivity index (χ2v) is 10.2. The van der Waals surface area contributed by atoms with Crippen LogP contribution >= 0.6 is 0 Å². The van der Waals surface area contributed by atoms with Gasteiger partial charge < -0.3 is 0 Å². The van der Waals surface area contributed by atoms with E-state index in [1.165, 1.54) is 0 Å². The van der Waals surface area contributed by atoms with Crippen LogP contribution in [0.2, 0.25) is 0 Å². The van der Waals surface area contributed by atoms with Crippen LogP contribution in [0.15, 0.2) is 29.2 Å². The Labute approximate surface area is 240 Å². The molecule has 1 rings (SSSR count). The molecule has 3 nitrogen and oxygen atoms in total. The first-order valence-corrected chi connectivity index (χ1v) is 11.7. The van der Waals surface area contributed by atoms with Crippen molar-refractivity contribution in [3.63, 3.8) is 0 Å². The van der Waals surface area contributed by atoms with Crippen LogP contribution in [0.1, 0.15) is 5.56 Å². The highest BCUT2D eigenvalue weighted by Gasteiger charge is 2.99. The topological polar surface area (TPSA) is 54.4 Å². The molecule has 0 unspecified atom stereocenters. The molecule has 0 radical (unpaired) electrons. The molecular weight excluding hydrogens is 771 g/mol. The second-order valence-electron chi connectivity index (χ2n) is 8.79. The molecule has 276 valence electrons. The smallest absolute Gasteiger partial charge is 0.282 e. The van der Waals surface area contributed by atoms with Crippen molar-refractivity contribution in [1.29, 1.82) is 0 Å². The lowest BCUT2D eigenvalue weighted by atomic mass is 9.84. The molecule has 0 bridgehead atoms. The van der Waals surface area contributed by atoms with Gasteiger partial charge in [-0.25, -0.2) is 0 Å². The Balaban J connectivity index is 4.02. The number of benzene rings is 1. The van der Waals surface area contributed by atoms with Gasteiger partial charge in [0.1, 0.15) is 4.90 Å². The number of hydrogen-bond acceptors (Lipinski definition) is 2. The minimum Gasteiger partial charge on any atom is -0.282 e. The fourth-order valence-electron chi connectivity index (χ4n) is 3.07. The van der Waals surface area contributed by atoms with Gasteiger partial charge in [-0.1, -0.05) is 18.2 Å². The molecule has 0 aromatic heterocycles. The first-order valence-electron chi connectivity index (χ1n) is 10.3. The van der Waals surface area contributed by atoms with E-state index in [-0.39, 0.29) is 12.1 Å². The molecule has 1 N–H and O–H groups in total. The van der Waals surface area contributed by atoms with Crippen molar-refractivity contribution >= 4 is 10.1 Å². The van der Waals surface area contributed by atoms with E-state index in [2.05, 4.69) is 0 Å². The summed E-state index contributed by atoms with van der Waals surface area (Å²) in [5, 5.41) is 0. The Kier molecular flexibility index (Phi) is 9.64. The molecule has 0 heterocycles. The number of hydrogen-bond donors (Lipinski definition) is 1. The van der Waals surface area contributed by atoms with Crippen LogP contribution in [-0.2, 0) is 16.0 Å². The van der Waals surface area contributed by atoms with E-state index in [0.717, 1.165) is 0 Å². The SMILES string of the molecule is O=S(=O)(O)c1ccccc1C(F)(F)C(F)(F)C(F)(F)C(F)(F)C(F)(F)C(F)(F)C(F)(F)C(F)(F)C(F)(F)C(F)(F)C(F)(F)C(F)(F)F. The third kappa shape index (κ3) is 5.21. The zero-order valence-corrected chi connectivity index (χ0v) is 21.2. The third-order valence-corrected chi connectivity index (χ3v) is 6.71. The average Bonchev–Trinajstić information content (AvgIpc) is 2.86. The summed E-state index contributed by atoms with van der Waals surface area (Å²) in [6.07, 6.45) is -8.22. The molecule has 0 spiro atoms. The molecule has 1 aromatic carbocycles. The van der Waals surface area contributed by atoms with Gasteiger partial charge in [0.2, 0.25) is 0 Å². The Bertz CT molecular complexity index is 1440. The van der Waals surface area contributed by atoms with Crippen LogP contribution in [0.3, 0.4) is 0 Å². The van der Waals surface area contributed by atoms with E-state index in [4.69, 9.17) is 4.55 Å². The monoisotopic (exact) mass is 776 g/mol. The molecule has 1 aromatic rings. The van der Waals surface area contributed by atoms with Crippen molar-refractivity contribution in [1.82, 2.24) is 0 Å². The molecular formula is C18H5F25O3S. The quantitative estimate of drug-likeness (QED) is 0.171. The maximum Gasteiger partial charge on any atom is 0.460 e. The molecule has 0 fully saturated rings. The van der Waals surface area contributed by atoms with Crippen molar-refractivity contribution in [3.05, 3.63) is 29.8 Å². The minimum atomic E-state index is -9.72. The summed E-state index contributed by atoms with van der Waals surface area (Å²) in [5.74, 6) is -101. The van der Waals surface area contributed by atoms with Crippen LogP contribution in [0.25, 0.3) is 0 Å². The van der Waals surface area contributed by atoms with Gasteiger partial charge in [-0.05, 0) is 6.07 Å². The van der Waals surface area contributed by atoms with Crippen molar-refractivity contribution in [3.8, 4) is 0 Å². The molecule has 29 heteroatoms. The van der Waals surface area contributed by atoms with E-state index in [1.807, 2.05) is 0 Å². The van der Waals surface area contributed by atoms with Gasteiger partial charge in [0.05, 0.1) is 0 Å². The molecule has 47 heavy (non-hydrogen) atoms. The lowest BCUT2D eigenvalue weighted by molar-refractivity contribution is -0.482. The van der Waals surface area contributed by atoms with E-state index in [0.29, 0.717) is 0 Å². The summed E-state index contributed by atoms with van der Waals surface area (Å²) in [7, 11) is -6.34. The molecule has 0 saturated carbocycles. The Morgan fingerprint density at radius 1 is 0.383 bits per heavy atom. The van der Waals surface area contributed by atoms with E-state index < -0.39 is 104 Å². The number of halogens is 25. The maximum atomic E-state index is 14.4. The Morgan fingerprint density at radius 2 is 0.617 bits per heavy atom. The van der Waals surface area contributed by atoms with Crippen molar-refractivity contribution < 1.29 is 123 Å². The molecule has 0 amide bonds. The Morgan fingerprint density at radius 3 is 0.872 bits per heavy atom. The first-order chi connectivity index (χ1) is 20.0. The summed E-state index contributed by atoms with van der Waals surface area (Å²) < 4.78 is 370. The zero-order chi connectivity index (χ0) is 38.5. The fourth-order valence-corrected chi connectivity index (χ4v) is 3.80. The first kappa shape index (κ1) is 42.4. The van der Waals surface area contributed by atoms with Gasteiger partial charge in [-0.2, -0.15) is 118 Å². The van der Waals surface area contributed by atoms with Crippen molar-refractivity contribution in [2.45, 2.75) is 76.2 Å². The highest BCUT2D eigenvalue weighted by atomic mass is 32.2. The predicted octanol–water partition coefficient (Wildman–Crippen LogP) is 8.94. The van der Waals surface area contributed by atoms with E-state index in [9.17, 15) is 118 Å². The van der Waals surface area contributed by atoms with Crippen molar-refractivity contribution in [2.24, 2.45) is 0 Å². The van der Waals surface area contributed by atoms with Gasteiger partial charge in [-0.15, -0.1) is 0 Å². The van der Waals surface area contributed by atoms with Crippen LogP contribution in [0.5, 0.6) is 0 Å². The molecule has 0 saturated heterocycles. The standard InChI is InChI=1S/C18H5F25O3S/c19-7(20,5-3-1-2-4-6(5)47(44,45)46)8(21,22)9(23,24)10(25,26)11(27,28)12(29,30)13(31,32)14(33,34)15(35,36)16(37,38)17(39,40)18(41,42)43/h1-4H,(H,44,45,46). The van der Waals surface area contributed by atoms with E-state index >= 15 is 0 Å². The molecule has 0 aliphatic heterocycles. The molecule has 0 atom stereocenters. The van der Waals surface area contributed by atoms with E-state index in [1.54, 1.807) is 0 Å². The highest BCUT2D eigenvalue weighted by Crippen LogP contribution is 2.68. The van der Waals surface area contributed by atoms with Crippen LogP contribution in [0, 0.1) is 0 Å². The lowest BCUT2D eigenvalue weighted by Gasteiger charge is -2.45. The minimum absolute atomic E-state index is 0.0755. The normalized spacial score (nSPS) is 16.5. The van der Waals surface area contributed by atoms with Gasteiger partial charge >= 0.3 is 71.3 Å². The zero-order valence-electron chi connectivity index (χ0n) is 20.4. The summed E-state index contributed by atoms with van der Waals surface area (Å²) in [6.45, 7) is 0. The van der Waals surface area contributed by atoms with Crippen LogP contribution in [0.4, 0.5) is 110 Å². The fraction of sp³-hybridized carbons (Fsp3) is 0.667. The second kappa shape index (κ2) is 10.7. The number of rotatable bonds is 12. The highest BCUT2D eigenvalue weighted by molar-refractivity contribution is 7.85.